The van der Waals surface area contributed by atoms with Gasteiger partial charge in [0, 0.05) is 11.0 Å². The van der Waals surface area contributed by atoms with Crippen LogP contribution < -0.4 is 15.2 Å². The molecule has 0 saturated carbocycles. The normalized spacial score (nSPS) is 10.3. The highest BCUT2D eigenvalue weighted by Gasteiger charge is 2.09. The van der Waals surface area contributed by atoms with E-state index in [2.05, 4.69) is 15.9 Å². The van der Waals surface area contributed by atoms with Crippen molar-refractivity contribution in [2.24, 2.45) is 5.73 Å². The third kappa shape index (κ3) is 3.49. The molecule has 0 saturated heterocycles. The Kier molecular flexibility index (Phi) is 4.82. The maximum atomic E-state index is 5.81. The number of rotatable bonds is 5. The molecule has 2 aromatic rings. The second kappa shape index (κ2) is 6.59. The van der Waals surface area contributed by atoms with E-state index >= 15 is 0 Å². The Labute approximate surface area is 121 Å². The van der Waals surface area contributed by atoms with Gasteiger partial charge in [-0.05, 0) is 23.3 Å². The molecule has 0 aliphatic rings. The summed E-state index contributed by atoms with van der Waals surface area (Å²) in [5.74, 6) is 1.40. The predicted molar refractivity (Wildman–Crippen MR) is 79.4 cm³/mol. The van der Waals surface area contributed by atoms with Gasteiger partial charge in [0.15, 0.2) is 11.5 Å². The first-order chi connectivity index (χ1) is 9.24. The second-order valence-corrected chi connectivity index (χ2v) is 4.93. The Morgan fingerprint density at radius 1 is 1.11 bits per heavy atom. The first kappa shape index (κ1) is 13.9. The highest BCUT2D eigenvalue weighted by atomic mass is 79.9. The van der Waals surface area contributed by atoms with E-state index in [0.717, 1.165) is 15.6 Å². The molecule has 0 unspecified atom stereocenters. The molecule has 0 atom stereocenters. The molecule has 2 rings (SSSR count). The monoisotopic (exact) mass is 321 g/mol. The summed E-state index contributed by atoms with van der Waals surface area (Å²) in [6.07, 6.45) is 0. The van der Waals surface area contributed by atoms with Crippen molar-refractivity contribution in [1.82, 2.24) is 0 Å². The van der Waals surface area contributed by atoms with E-state index in [-0.39, 0.29) is 0 Å². The molecule has 0 aliphatic heterocycles. The third-order valence-electron chi connectivity index (χ3n) is 2.79. The van der Waals surface area contributed by atoms with E-state index in [1.165, 1.54) is 0 Å². The van der Waals surface area contributed by atoms with Crippen LogP contribution in [-0.2, 0) is 13.2 Å². The Morgan fingerprint density at radius 3 is 2.47 bits per heavy atom. The van der Waals surface area contributed by atoms with Gasteiger partial charge in [0.2, 0.25) is 0 Å². The van der Waals surface area contributed by atoms with Crippen molar-refractivity contribution in [3.05, 3.63) is 58.1 Å². The zero-order chi connectivity index (χ0) is 13.7. The van der Waals surface area contributed by atoms with Gasteiger partial charge < -0.3 is 15.2 Å². The van der Waals surface area contributed by atoms with E-state index in [1.54, 1.807) is 7.11 Å². The average molecular weight is 322 g/mol. The minimum Gasteiger partial charge on any atom is -0.493 e. The fourth-order valence-corrected chi connectivity index (χ4v) is 2.23. The molecule has 0 radical (unpaired) electrons. The van der Waals surface area contributed by atoms with E-state index in [9.17, 15) is 0 Å². The minimum atomic E-state index is 0.451. The zero-order valence-electron chi connectivity index (χ0n) is 10.7. The molecule has 100 valence electrons. The van der Waals surface area contributed by atoms with Crippen molar-refractivity contribution in [3.63, 3.8) is 0 Å². The van der Waals surface area contributed by atoms with E-state index in [4.69, 9.17) is 15.2 Å². The number of hydrogen-bond acceptors (Lipinski definition) is 3. The highest BCUT2D eigenvalue weighted by Crippen LogP contribution is 2.33. The smallest absolute Gasteiger partial charge is 0.162 e. The maximum absolute atomic E-state index is 5.81. The molecule has 0 amide bonds. The Hall–Kier alpha value is -1.52. The Morgan fingerprint density at radius 2 is 1.84 bits per heavy atom. The van der Waals surface area contributed by atoms with Crippen molar-refractivity contribution < 1.29 is 9.47 Å². The van der Waals surface area contributed by atoms with Gasteiger partial charge in [0.1, 0.15) is 6.61 Å². The van der Waals surface area contributed by atoms with Gasteiger partial charge in [0.25, 0.3) is 0 Å². The minimum absolute atomic E-state index is 0.451. The SMILES string of the molecule is COc1cc(Br)c(CN)cc1OCc1ccccc1. The van der Waals surface area contributed by atoms with Crippen molar-refractivity contribution in [2.75, 3.05) is 7.11 Å². The lowest BCUT2D eigenvalue weighted by Crippen LogP contribution is -2.02. The maximum Gasteiger partial charge on any atom is 0.162 e. The van der Waals surface area contributed by atoms with Crippen LogP contribution in [0.1, 0.15) is 11.1 Å². The molecule has 0 spiro atoms. The van der Waals surface area contributed by atoms with Crippen LogP contribution >= 0.6 is 15.9 Å². The Bertz CT molecular complexity index is 543. The summed E-state index contributed by atoms with van der Waals surface area (Å²) in [4.78, 5) is 0. The molecule has 0 aliphatic carbocycles. The zero-order valence-corrected chi connectivity index (χ0v) is 12.3. The summed E-state index contributed by atoms with van der Waals surface area (Å²) >= 11 is 3.46. The lowest BCUT2D eigenvalue weighted by atomic mass is 10.2. The van der Waals surface area contributed by atoms with Crippen LogP contribution in [0.4, 0.5) is 0 Å². The molecule has 0 aromatic heterocycles. The lowest BCUT2D eigenvalue weighted by Gasteiger charge is -2.13. The van der Waals surface area contributed by atoms with Crippen LogP contribution in [0.3, 0.4) is 0 Å². The molecule has 0 fully saturated rings. The summed E-state index contributed by atoms with van der Waals surface area (Å²) < 4.78 is 12.1. The van der Waals surface area contributed by atoms with Crippen LogP contribution in [0.5, 0.6) is 11.5 Å². The van der Waals surface area contributed by atoms with Crippen LogP contribution in [0.15, 0.2) is 46.9 Å². The summed E-state index contributed by atoms with van der Waals surface area (Å²) in [7, 11) is 1.62. The number of ether oxygens (including phenoxy) is 2. The van der Waals surface area contributed by atoms with E-state index in [1.807, 2.05) is 42.5 Å². The first-order valence-corrected chi connectivity index (χ1v) is 6.77. The summed E-state index contributed by atoms with van der Waals surface area (Å²) in [6, 6.07) is 13.8. The quantitative estimate of drug-likeness (QED) is 0.916. The molecule has 4 heteroatoms. The van der Waals surface area contributed by atoms with Crippen molar-refractivity contribution in [2.45, 2.75) is 13.2 Å². The fourth-order valence-electron chi connectivity index (χ4n) is 1.74. The van der Waals surface area contributed by atoms with Gasteiger partial charge >= 0.3 is 0 Å². The highest BCUT2D eigenvalue weighted by molar-refractivity contribution is 9.10. The lowest BCUT2D eigenvalue weighted by molar-refractivity contribution is 0.284. The molecule has 19 heavy (non-hydrogen) atoms. The van der Waals surface area contributed by atoms with Gasteiger partial charge in [-0.2, -0.15) is 0 Å². The number of benzene rings is 2. The average Bonchev–Trinajstić information content (AvgIpc) is 2.46. The third-order valence-corrected chi connectivity index (χ3v) is 3.53. The van der Waals surface area contributed by atoms with Gasteiger partial charge in [-0.25, -0.2) is 0 Å². The van der Waals surface area contributed by atoms with Crippen LogP contribution in [-0.4, -0.2) is 7.11 Å². The molecule has 0 bridgehead atoms. The fraction of sp³-hybridized carbons (Fsp3) is 0.200. The van der Waals surface area contributed by atoms with Crippen LogP contribution in [0.2, 0.25) is 0 Å². The Balaban J connectivity index is 2.19. The molecular weight excluding hydrogens is 306 g/mol. The molecule has 2 N–H and O–H groups in total. The van der Waals surface area contributed by atoms with E-state index in [0.29, 0.717) is 24.7 Å². The van der Waals surface area contributed by atoms with Crippen molar-refractivity contribution in [1.29, 1.82) is 0 Å². The molecule has 2 aromatic carbocycles. The first-order valence-electron chi connectivity index (χ1n) is 5.97. The summed E-state index contributed by atoms with van der Waals surface area (Å²) in [6.45, 7) is 0.953. The topological polar surface area (TPSA) is 44.5 Å². The second-order valence-electron chi connectivity index (χ2n) is 4.07. The van der Waals surface area contributed by atoms with Crippen LogP contribution in [0, 0.1) is 0 Å². The number of halogens is 1. The standard InChI is InChI=1S/C15H16BrNO2/c1-18-14-8-13(16)12(9-17)7-15(14)19-10-11-5-3-2-4-6-11/h2-8H,9-10,17H2,1H3. The summed E-state index contributed by atoms with van der Waals surface area (Å²) in [5.41, 5.74) is 7.79. The largest absolute Gasteiger partial charge is 0.493 e. The predicted octanol–water partition coefficient (Wildman–Crippen LogP) is 3.50. The molecule has 0 heterocycles. The molecule has 3 nitrogen and oxygen atoms in total. The van der Waals surface area contributed by atoms with Gasteiger partial charge in [-0.3, -0.25) is 0 Å². The summed E-state index contributed by atoms with van der Waals surface area (Å²) in [5, 5.41) is 0. The number of nitrogens with two attached hydrogens (primary N) is 1. The van der Waals surface area contributed by atoms with Gasteiger partial charge in [-0.15, -0.1) is 0 Å². The van der Waals surface area contributed by atoms with Gasteiger partial charge in [0.05, 0.1) is 7.11 Å². The van der Waals surface area contributed by atoms with Crippen molar-refractivity contribution in [3.8, 4) is 11.5 Å². The van der Waals surface area contributed by atoms with E-state index < -0.39 is 0 Å². The number of methoxy groups -OCH3 is 1. The van der Waals surface area contributed by atoms with Crippen molar-refractivity contribution >= 4 is 15.9 Å². The van der Waals surface area contributed by atoms with Gasteiger partial charge in [-0.1, -0.05) is 46.3 Å². The van der Waals surface area contributed by atoms with Crippen LogP contribution in [0.25, 0.3) is 0 Å². The number of hydrogen-bond donors (Lipinski definition) is 1. The molecular formula is C15H16BrNO2.